The molecule has 1 N–H and O–H groups in total. The molecule has 124 valence electrons. The van der Waals surface area contributed by atoms with Crippen molar-refractivity contribution in [2.75, 3.05) is 45.6 Å². The van der Waals surface area contributed by atoms with Gasteiger partial charge in [-0.3, -0.25) is 4.79 Å². The number of carbonyl (C=O) groups excluding carboxylic acids is 1. The summed E-state index contributed by atoms with van der Waals surface area (Å²) in [6, 6.07) is 7.73. The van der Waals surface area contributed by atoms with Crippen LogP contribution in [-0.2, 0) is 0 Å². The van der Waals surface area contributed by atoms with E-state index in [9.17, 15) is 4.79 Å². The van der Waals surface area contributed by atoms with Gasteiger partial charge in [-0.25, -0.2) is 0 Å². The summed E-state index contributed by atoms with van der Waals surface area (Å²) < 4.78 is 0. The van der Waals surface area contributed by atoms with E-state index in [1.807, 2.05) is 0 Å². The molecular weight excluding hydrogens is 288 g/mol. The number of nitrogens with one attached hydrogen (secondary N) is 1. The van der Waals surface area contributed by atoms with Crippen LogP contribution in [-0.4, -0.2) is 61.9 Å². The van der Waals surface area contributed by atoms with Crippen LogP contribution in [0.5, 0.6) is 0 Å². The predicted octanol–water partition coefficient (Wildman–Crippen LogP) is 2.20. The number of anilines is 1. The maximum Gasteiger partial charge on any atom is 0.161 e. The molecule has 0 bridgehead atoms. The molecule has 0 aliphatic carbocycles. The highest BCUT2D eigenvalue weighted by Crippen LogP contribution is 2.22. The zero-order chi connectivity index (χ0) is 16.8. The third-order valence-electron chi connectivity index (χ3n) is 4.34. The number of ketones is 1. The molecule has 5 nitrogen and oxygen atoms in total. The number of rotatable bonds is 6. The maximum absolute atomic E-state index is 11.8. The number of likely N-dealkylation sites (tertiary alicyclic amines) is 1. The molecule has 0 radical (unpaired) electrons. The Kier molecular flexibility index (Phi) is 6.14. The van der Waals surface area contributed by atoms with E-state index in [0.717, 1.165) is 44.7 Å². The monoisotopic (exact) mass is 314 g/mol. The van der Waals surface area contributed by atoms with E-state index in [4.69, 9.17) is 5.26 Å². The second kappa shape index (κ2) is 8.09. The van der Waals surface area contributed by atoms with Crippen LogP contribution in [0.25, 0.3) is 0 Å². The molecule has 5 heteroatoms. The standard InChI is InChI=1S/C18H26N4O/c1-14(23)17-5-4-15(13-19)12-18(17)20-16-6-8-22(9-7-16)11-10-21(2)3/h4-5,12,16,20H,6-11H2,1-3H3. The van der Waals surface area contributed by atoms with E-state index in [1.165, 1.54) is 0 Å². The van der Waals surface area contributed by atoms with Gasteiger partial charge in [0.15, 0.2) is 5.78 Å². The third kappa shape index (κ3) is 5.05. The summed E-state index contributed by atoms with van der Waals surface area (Å²) in [6.07, 6.45) is 2.11. The van der Waals surface area contributed by atoms with Gasteiger partial charge >= 0.3 is 0 Å². The quantitative estimate of drug-likeness (QED) is 0.816. The molecule has 0 aromatic heterocycles. The van der Waals surface area contributed by atoms with Gasteiger partial charge in [0.05, 0.1) is 11.6 Å². The number of piperidine rings is 1. The Morgan fingerprint density at radius 1 is 1.39 bits per heavy atom. The SMILES string of the molecule is CC(=O)c1ccc(C#N)cc1NC1CCN(CCN(C)C)CC1. The molecule has 1 aromatic carbocycles. The van der Waals surface area contributed by atoms with Crippen molar-refractivity contribution in [3.63, 3.8) is 0 Å². The number of nitrogens with zero attached hydrogens (tertiary/aromatic N) is 3. The fourth-order valence-corrected chi connectivity index (χ4v) is 2.90. The van der Waals surface area contributed by atoms with Crippen molar-refractivity contribution in [2.45, 2.75) is 25.8 Å². The smallest absolute Gasteiger partial charge is 0.161 e. The highest BCUT2D eigenvalue weighted by Gasteiger charge is 2.20. The first-order chi connectivity index (χ1) is 11.0. The van der Waals surface area contributed by atoms with Crippen molar-refractivity contribution >= 4 is 11.5 Å². The summed E-state index contributed by atoms with van der Waals surface area (Å²) >= 11 is 0. The highest BCUT2D eigenvalue weighted by molar-refractivity contribution is 5.99. The number of hydrogen-bond acceptors (Lipinski definition) is 5. The first kappa shape index (κ1) is 17.5. The first-order valence-corrected chi connectivity index (χ1v) is 8.18. The molecular formula is C18H26N4O. The molecule has 1 fully saturated rings. The van der Waals surface area contributed by atoms with E-state index in [2.05, 4.69) is 35.3 Å². The van der Waals surface area contributed by atoms with E-state index in [-0.39, 0.29) is 5.78 Å². The Balaban J connectivity index is 1.96. The number of likely N-dealkylation sites (N-methyl/N-ethyl adjacent to an activating group) is 1. The van der Waals surface area contributed by atoms with Crippen LogP contribution >= 0.6 is 0 Å². The van der Waals surface area contributed by atoms with Crippen molar-refractivity contribution in [3.05, 3.63) is 29.3 Å². The average molecular weight is 314 g/mol. The molecule has 2 rings (SSSR count). The zero-order valence-corrected chi connectivity index (χ0v) is 14.3. The Morgan fingerprint density at radius 2 is 2.09 bits per heavy atom. The summed E-state index contributed by atoms with van der Waals surface area (Å²) in [5, 5.41) is 12.5. The Hall–Kier alpha value is -1.90. The van der Waals surface area contributed by atoms with Crippen molar-refractivity contribution in [1.29, 1.82) is 5.26 Å². The Labute approximate surface area is 138 Å². The van der Waals surface area contributed by atoms with Gasteiger partial charge < -0.3 is 15.1 Å². The fourth-order valence-electron chi connectivity index (χ4n) is 2.90. The normalized spacial score (nSPS) is 16.3. The minimum atomic E-state index is 0.0282. The van der Waals surface area contributed by atoms with Gasteiger partial charge in [-0.15, -0.1) is 0 Å². The zero-order valence-electron chi connectivity index (χ0n) is 14.3. The topological polar surface area (TPSA) is 59.4 Å². The van der Waals surface area contributed by atoms with Gasteiger partial charge in [-0.2, -0.15) is 5.26 Å². The Morgan fingerprint density at radius 3 is 2.65 bits per heavy atom. The van der Waals surface area contributed by atoms with Crippen molar-refractivity contribution in [1.82, 2.24) is 9.80 Å². The third-order valence-corrected chi connectivity index (χ3v) is 4.34. The van der Waals surface area contributed by atoms with Crippen LogP contribution in [0.15, 0.2) is 18.2 Å². The van der Waals surface area contributed by atoms with Crippen molar-refractivity contribution in [2.24, 2.45) is 0 Å². The second-order valence-electron chi connectivity index (χ2n) is 6.49. The molecule has 0 unspecified atom stereocenters. The van der Waals surface area contributed by atoms with Crippen LogP contribution in [0.2, 0.25) is 0 Å². The summed E-state index contributed by atoms with van der Waals surface area (Å²) in [7, 11) is 4.19. The largest absolute Gasteiger partial charge is 0.382 e. The molecule has 0 amide bonds. The molecule has 1 saturated heterocycles. The lowest BCUT2D eigenvalue weighted by Gasteiger charge is -2.33. The predicted molar refractivity (Wildman–Crippen MR) is 92.8 cm³/mol. The van der Waals surface area contributed by atoms with E-state index in [1.54, 1.807) is 25.1 Å². The Bertz CT molecular complexity index is 583. The first-order valence-electron chi connectivity index (χ1n) is 8.18. The van der Waals surface area contributed by atoms with Gasteiger partial charge in [0.25, 0.3) is 0 Å². The van der Waals surface area contributed by atoms with Crippen LogP contribution in [0, 0.1) is 11.3 Å². The molecule has 1 aromatic rings. The molecule has 1 heterocycles. The van der Waals surface area contributed by atoms with E-state index < -0.39 is 0 Å². The van der Waals surface area contributed by atoms with Crippen LogP contribution in [0.4, 0.5) is 5.69 Å². The van der Waals surface area contributed by atoms with Crippen molar-refractivity contribution < 1.29 is 4.79 Å². The second-order valence-corrected chi connectivity index (χ2v) is 6.49. The average Bonchev–Trinajstić information content (AvgIpc) is 2.53. The van der Waals surface area contributed by atoms with E-state index in [0.29, 0.717) is 17.2 Å². The summed E-state index contributed by atoms with van der Waals surface area (Å²) in [6.45, 7) is 5.88. The van der Waals surface area contributed by atoms with Crippen LogP contribution in [0.3, 0.4) is 0 Å². The van der Waals surface area contributed by atoms with Gasteiger partial charge in [0.2, 0.25) is 0 Å². The number of hydrogen-bond donors (Lipinski definition) is 1. The minimum absolute atomic E-state index is 0.0282. The molecule has 0 saturated carbocycles. The lowest BCUT2D eigenvalue weighted by atomic mass is 10.0. The molecule has 0 atom stereocenters. The highest BCUT2D eigenvalue weighted by atomic mass is 16.1. The molecule has 0 spiro atoms. The molecule has 1 aliphatic heterocycles. The number of nitriles is 1. The summed E-state index contributed by atoms with van der Waals surface area (Å²) in [5.41, 5.74) is 2.04. The van der Waals surface area contributed by atoms with Crippen molar-refractivity contribution in [3.8, 4) is 6.07 Å². The maximum atomic E-state index is 11.8. The van der Waals surface area contributed by atoms with Crippen LogP contribution < -0.4 is 5.32 Å². The molecule has 23 heavy (non-hydrogen) atoms. The fraction of sp³-hybridized carbons (Fsp3) is 0.556. The van der Waals surface area contributed by atoms with Gasteiger partial charge in [-0.05, 0) is 52.1 Å². The summed E-state index contributed by atoms with van der Waals surface area (Å²) in [5.74, 6) is 0.0282. The number of carbonyl (C=O) groups is 1. The van der Waals surface area contributed by atoms with Gasteiger partial charge in [0, 0.05) is 43.5 Å². The number of Topliss-reactive ketones (excluding diaryl/α,β-unsaturated/α-hetero) is 1. The lowest BCUT2D eigenvalue weighted by Crippen LogP contribution is -2.41. The summed E-state index contributed by atoms with van der Waals surface area (Å²) in [4.78, 5) is 16.5. The van der Waals surface area contributed by atoms with E-state index >= 15 is 0 Å². The van der Waals surface area contributed by atoms with Crippen LogP contribution in [0.1, 0.15) is 35.7 Å². The van der Waals surface area contributed by atoms with Gasteiger partial charge in [0.1, 0.15) is 0 Å². The van der Waals surface area contributed by atoms with Gasteiger partial charge in [-0.1, -0.05) is 0 Å². The molecule has 1 aliphatic rings. The lowest BCUT2D eigenvalue weighted by molar-refractivity contribution is 0.101. The number of benzene rings is 1. The minimum Gasteiger partial charge on any atom is -0.382 e.